The third kappa shape index (κ3) is 6.03. The number of sulfonamides is 1. The van der Waals surface area contributed by atoms with Crippen LogP contribution in [-0.4, -0.2) is 20.6 Å². The molecular formula is C17H15F3N2O4S. The molecule has 6 nitrogen and oxygen atoms in total. The second-order valence-electron chi connectivity index (χ2n) is 5.41. The highest BCUT2D eigenvalue weighted by Gasteiger charge is 2.30. The van der Waals surface area contributed by atoms with Crippen molar-refractivity contribution in [3.8, 4) is 11.5 Å². The minimum absolute atomic E-state index is 0.0172. The minimum Gasteiger partial charge on any atom is -0.455 e. The maximum atomic E-state index is 12.8. The van der Waals surface area contributed by atoms with Crippen molar-refractivity contribution in [3.63, 3.8) is 0 Å². The number of amides is 1. The lowest BCUT2D eigenvalue weighted by Crippen LogP contribution is -2.12. The van der Waals surface area contributed by atoms with Crippen LogP contribution in [0.25, 0.3) is 0 Å². The van der Waals surface area contributed by atoms with Crippen molar-refractivity contribution in [3.05, 3.63) is 60.7 Å². The lowest BCUT2D eigenvalue weighted by molar-refractivity contribution is -0.137. The van der Waals surface area contributed by atoms with Gasteiger partial charge in [0.05, 0.1) is 23.2 Å². The molecule has 27 heavy (non-hydrogen) atoms. The maximum Gasteiger partial charge on any atom is 0.416 e. The first kappa shape index (κ1) is 20.3. The molecule has 0 spiro atoms. The molecule has 2 aromatic rings. The van der Waals surface area contributed by atoms with Gasteiger partial charge in [0.25, 0.3) is 0 Å². The molecule has 0 bridgehead atoms. The van der Waals surface area contributed by atoms with Gasteiger partial charge in [0.2, 0.25) is 15.9 Å². The van der Waals surface area contributed by atoms with Crippen molar-refractivity contribution in [1.29, 1.82) is 0 Å². The Bertz CT molecular complexity index is 972. The van der Waals surface area contributed by atoms with Gasteiger partial charge in [-0.15, -0.1) is 0 Å². The smallest absolute Gasteiger partial charge is 0.416 e. The average Bonchev–Trinajstić information content (AvgIpc) is 2.55. The van der Waals surface area contributed by atoms with Crippen LogP contribution in [0.3, 0.4) is 0 Å². The van der Waals surface area contributed by atoms with Gasteiger partial charge in [0.15, 0.2) is 5.75 Å². The summed E-state index contributed by atoms with van der Waals surface area (Å²) in [6.07, 6.45) is -2.62. The highest BCUT2D eigenvalue weighted by Crippen LogP contribution is 2.35. The Morgan fingerprint density at radius 3 is 2.48 bits per heavy atom. The van der Waals surface area contributed by atoms with Gasteiger partial charge in [-0.25, -0.2) is 8.42 Å². The van der Waals surface area contributed by atoms with E-state index in [4.69, 9.17) is 4.74 Å². The molecule has 0 heterocycles. The number of nitrogens with one attached hydrogen (secondary N) is 2. The number of ether oxygens (including phenoxy) is 1. The summed E-state index contributed by atoms with van der Waals surface area (Å²) >= 11 is 0. The molecule has 0 aliphatic heterocycles. The Morgan fingerprint density at radius 1 is 1.19 bits per heavy atom. The lowest BCUT2D eigenvalue weighted by atomic mass is 10.2. The van der Waals surface area contributed by atoms with E-state index in [-0.39, 0.29) is 22.9 Å². The van der Waals surface area contributed by atoms with Crippen LogP contribution in [0.1, 0.15) is 5.56 Å². The Balaban J connectivity index is 2.40. The Labute approximate surface area is 153 Å². The van der Waals surface area contributed by atoms with Crippen molar-refractivity contribution in [1.82, 2.24) is 0 Å². The summed E-state index contributed by atoms with van der Waals surface area (Å²) in [5.74, 6) is -0.702. The van der Waals surface area contributed by atoms with E-state index in [1.807, 2.05) is 0 Å². The second-order valence-corrected chi connectivity index (χ2v) is 7.15. The van der Waals surface area contributed by atoms with Gasteiger partial charge in [-0.2, -0.15) is 13.2 Å². The fraction of sp³-hybridized carbons (Fsp3) is 0.118. The zero-order valence-electron chi connectivity index (χ0n) is 14.0. The molecule has 10 heteroatoms. The number of hydrogen-bond donors (Lipinski definition) is 2. The van der Waals surface area contributed by atoms with Gasteiger partial charge in [-0.1, -0.05) is 12.6 Å². The van der Waals surface area contributed by atoms with Crippen LogP contribution in [0.2, 0.25) is 0 Å². The van der Waals surface area contributed by atoms with E-state index in [9.17, 15) is 26.4 Å². The predicted octanol–water partition coefficient (Wildman–Crippen LogP) is 3.99. The summed E-state index contributed by atoms with van der Waals surface area (Å²) < 4.78 is 68.8. The largest absolute Gasteiger partial charge is 0.455 e. The normalized spacial score (nSPS) is 11.6. The fourth-order valence-electron chi connectivity index (χ4n) is 2.04. The molecule has 0 saturated heterocycles. The number of rotatable bonds is 6. The number of alkyl halides is 3. The van der Waals surface area contributed by atoms with E-state index in [0.717, 1.165) is 24.5 Å². The van der Waals surface area contributed by atoms with Gasteiger partial charge in [-0.3, -0.25) is 9.52 Å². The molecule has 2 N–H and O–H groups in total. The first-order valence-electron chi connectivity index (χ1n) is 7.38. The molecule has 0 saturated carbocycles. The summed E-state index contributed by atoms with van der Waals surface area (Å²) in [5, 5.41) is 2.41. The maximum absolute atomic E-state index is 12.8. The number of hydrogen-bond acceptors (Lipinski definition) is 4. The van der Waals surface area contributed by atoms with Gasteiger partial charge < -0.3 is 10.1 Å². The number of carbonyl (C=O) groups excluding carboxylic acids is 1. The molecule has 0 aromatic heterocycles. The standard InChI is InChI=1S/C17H15F3N2O4S/c1-3-16(23)21-14-10-12(22-27(2,24)25)7-8-15(14)26-13-6-4-5-11(9-13)17(18,19)20/h3-10,22H,1H2,2H3,(H,21,23). The molecule has 1 amide bonds. The van der Waals surface area contributed by atoms with Gasteiger partial charge in [0, 0.05) is 0 Å². The van der Waals surface area contributed by atoms with Crippen molar-refractivity contribution in [2.45, 2.75) is 6.18 Å². The monoisotopic (exact) mass is 400 g/mol. The molecule has 0 radical (unpaired) electrons. The Morgan fingerprint density at radius 2 is 1.89 bits per heavy atom. The van der Waals surface area contributed by atoms with Crippen LogP contribution in [0.4, 0.5) is 24.5 Å². The summed E-state index contributed by atoms with van der Waals surface area (Å²) in [6.45, 7) is 3.30. The van der Waals surface area contributed by atoms with E-state index >= 15 is 0 Å². The van der Waals surface area contributed by atoms with Crippen LogP contribution >= 0.6 is 0 Å². The fourth-order valence-corrected chi connectivity index (χ4v) is 2.60. The summed E-state index contributed by atoms with van der Waals surface area (Å²) in [4.78, 5) is 11.6. The first-order valence-corrected chi connectivity index (χ1v) is 9.27. The van der Waals surface area contributed by atoms with Crippen LogP contribution in [0.15, 0.2) is 55.1 Å². The van der Waals surface area contributed by atoms with Crippen LogP contribution in [-0.2, 0) is 21.0 Å². The van der Waals surface area contributed by atoms with Crippen molar-refractivity contribution < 1.29 is 31.1 Å². The van der Waals surface area contributed by atoms with Gasteiger partial charge >= 0.3 is 6.18 Å². The quantitative estimate of drug-likeness (QED) is 0.718. The predicted molar refractivity (Wildman–Crippen MR) is 95.3 cm³/mol. The van der Waals surface area contributed by atoms with Gasteiger partial charge in [0.1, 0.15) is 5.75 Å². The molecule has 0 atom stereocenters. The first-order chi connectivity index (χ1) is 12.5. The average molecular weight is 400 g/mol. The zero-order valence-corrected chi connectivity index (χ0v) is 14.8. The molecule has 0 fully saturated rings. The molecule has 2 aromatic carbocycles. The Kier molecular flexibility index (Phi) is 5.79. The summed E-state index contributed by atoms with van der Waals surface area (Å²) in [6, 6.07) is 8.12. The van der Waals surface area contributed by atoms with E-state index in [1.165, 1.54) is 30.3 Å². The highest BCUT2D eigenvalue weighted by molar-refractivity contribution is 7.92. The molecule has 0 aliphatic rings. The van der Waals surface area contributed by atoms with E-state index in [1.54, 1.807) is 0 Å². The Hall–Kier alpha value is -3.01. The highest BCUT2D eigenvalue weighted by atomic mass is 32.2. The second kappa shape index (κ2) is 7.70. The molecule has 2 rings (SSSR count). The third-order valence-corrected chi connectivity index (χ3v) is 3.72. The number of halogens is 3. The molecule has 0 unspecified atom stereocenters. The number of anilines is 2. The molecular weight excluding hydrogens is 385 g/mol. The van der Waals surface area contributed by atoms with Crippen molar-refractivity contribution in [2.24, 2.45) is 0 Å². The van der Waals surface area contributed by atoms with Crippen LogP contribution < -0.4 is 14.8 Å². The van der Waals surface area contributed by atoms with Crippen molar-refractivity contribution in [2.75, 3.05) is 16.3 Å². The number of benzene rings is 2. The van der Waals surface area contributed by atoms with E-state index in [2.05, 4.69) is 16.6 Å². The van der Waals surface area contributed by atoms with Gasteiger partial charge in [-0.05, 0) is 42.5 Å². The van der Waals surface area contributed by atoms with Crippen molar-refractivity contribution >= 4 is 27.3 Å². The van der Waals surface area contributed by atoms with E-state index < -0.39 is 27.7 Å². The van der Waals surface area contributed by atoms with E-state index in [0.29, 0.717) is 0 Å². The molecule has 144 valence electrons. The topological polar surface area (TPSA) is 84.5 Å². The summed E-state index contributed by atoms with van der Waals surface area (Å²) in [5.41, 5.74) is -0.716. The third-order valence-electron chi connectivity index (χ3n) is 3.12. The SMILES string of the molecule is C=CC(=O)Nc1cc(NS(C)(=O)=O)ccc1Oc1cccc(C(F)(F)F)c1. The van der Waals surface area contributed by atoms with Crippen LogP contribution in [0.5, 0.6) is 11.5 Å². The molecule has 0 aliphatic carbocycles. The minimum atomic E-state index is -4.54. The number of carbonyl (C=O) groups is 1. The summed E-state index contributed by atoms with van der Waals surface area (Å²) in [7, 11) is -3.57. The zero-order chi connectivity index (χ0) is 20.2. The van der Waals surface area contributed by atoms with Crippen LogP contribution in [0, 0.1) is 0 Å². The lowest BCUT2D eigenvalue weighted by Gasteiger charge is -2.15.